The molecule has 0 atom stereocenters. The first-order chi connectivity index (χ1) is 14.3. The fourth-order valence-electron chi connectivity index (χ4n) is 2.82. The van der Waals surface area contributed by atoms with Crippen molar-refractivity contribution in [3.8, 4) is 0 Å². The summed E-state index contributed by atoms with van der Waals surface area (Å²) in [7, 11) is -3.71. The SMILES string of the molecule is Cc1ccc(C(=O)NCCc2ccc(S(N)(=O)=O)cc2)c(NCc2cccnc2)n1. The van der Waals surface area contributed by atoms with Gasteiger partial charge in [0, 0.05) is 31.2 Å². The highest BCUT2D eigenvalue weighted by molar-refractivity contribution is 7.89. The molecule has 0 unspecified atom stereocenters. The summed E-state index contributed by atoms with van der Waals surface area (Å²) in [4.78, 5) is 21.3. The summed E-state index contributed by atoms with van der Waals surface area (Å²) in [5.41, 5.74) is 3.12. The van der Waals surface area contributed by atoms with E-state index in [-0.39, 0.29) is 10.8 Å². The number of pyridine rings is 2. The minimum atomic E-state index is -3.71. The van der Waals surface area contributed by atoms with Gasteiger partial charge in [-0.1, -0.05) is 18.2 Å². The molecule has 2 heterocycles. The molecule has 3 aromatic rings. The zero-order valence-corrected chi connectivity index (χ0v) is 17.3. The fraction of sp³-hybridized carbons (Fsp3) is 0.190. The van der Waals surface area contributed by atoms with Gasteiger partial charge in [-0.05, 0) is 54.8 Å². The van der Waals surface area contributed by atoms with Crippen molar-refractivity contribution in [1.82, 2.24) is 15.3 Å². The van der Waals surface area contributed by atoms with Crippen molar-refractivity contribution >= 4 is 21.7 Å². The molecule has 8 nitrogen and oxygen atoms in total. The second-order valence-corrected chi connectivity index (χ2v) is 8.32. The smallest absolute Gasteiger partial charge is 0.255 e. The van der Waals surface area contributed by atoms with E-state index in [1.165, 1.54) is 12.1 Å². The van der Waals surface area contributed by atoms with Crippen molar-refractivity contribution in [2.24, 2.45) is 5.14 Å². The van der Waals surface area contributed by atoms with Crippen LogP contribution in [-0.4, -0.2) is 30.8 Å². The van der Waals surface area contributed by atoms with Crippen molar-refractivity contribution < 1.29 is 13.2 Å². The van der Waals surface area contributed by atoms with Gasteiger partial charge in [-0.15, -0.1) is 0 Å². The maximum absolute atomic E-state index is 12.7. The van der Waals surface area contributed by atoms with E-state index in [1.54, 1.807) is 36.7 Å². The largest absolute Gasteiger partial charge is 0.365 e. The Kier molecular flexibility index (Phi) is 6.76. The number of anilines is 1. The predicted octanol–water partition coefficient (Wildman–Crippen LogP) is 2.02. The highest BCUT2D eigenvalue weighted by Gasteiger charge is 2.13. The van der Waals surface area contributed by atoms with Gasteiger partial charge in [-0.2, -0.15) is 0 Å². The second-order valence-electron chi connectivity index (χ2n) is 6.76. The lowest BCUT2D eigenvalue weighted by molar-refractivity contribution is 0.0954. The van der Waals surface area contributed by atoms with Crippen LogP contribution in [0.5, 0.6) is 0 Å². The molecule has 9 heteroatoms. The van der Waals surface area contributed by atoms with Crippen LogP contribution >= 0.6 is 0 Å². The zero-order valence-electron chi connectivity index (χ0n) is 16.5. The van der Waals surface area contributed by atoms with Crippen molar-refractivity contribution in [1.29, 1.82) is 0 Å². The first-order valence-electron chi connectivity index (χ1n) is 9.33. The minimum absolute atomic E-state index is 0.0605. The Hall–Kier alpha value is -3.30. The Morgan fingerprint density at radius 1 is 1.07 bits per heavy atom. The Bertz CT molecular complexity index is 1120. The van der Waals surface area contributed by atoms with Gasteiger partial charge in [0.2, 0.25) is 10.0 Å². The van der Waals surface area contributed by atoms with E-state index in [9.17, 15) is 13.2 Å². The van der Waals surface area contributed by atoms with E-state index in [2.05, 4.69) is 20.6 Å². The van der Waals surface area contributed by atoms with Crippen LogP contribution < -0.4 is 15.8 Å². The summed E-state index contributed by atoms with van der Waals surface area (Å²) in [6, 6.07) is 13.6. The fourth-order valence-corrected chi connectivity index (χ4v) is 3.34. The molecule has 0 aliphatic heterocycles. The third-order valence-corrected chi connectivity index (χ3v) is 5.34. The molecule has 0 spiro atoms. The molecule has 2 aromatic heterocycles. The summed E-state index contributed by atoms with van der Waals surface area (Å²) >= 11 is 0. The summed E-state index contributed by atoms with van der Waals surface area (Å²) in [5, 5.41) is 11.2. The Labute approximate surface area is 175 Å². The first-order valence-corrected chi connectivity index (χ1v) is 10.9. The van der Waals surface area contributed by atoms with Crippen LogP contribution in [0.25, 0.3) is 0 Å². The molecule has 0 aliphatic carbocycles. The number of carbonyl (C=O) groups is 1. The van der Waals surface area contributed by atoms with E-state index in [0.717, 1.165) is 16.8 Å². The van der Waals surface area contributed by atoms with Crippen LogP contribution in [0.3, 0.4) is 0 Å². The van der Waals surface area contributed by atoms with Crippen LogP contribution in [0.1, 0.15) is 27.2 Å². The van der Waals surface area contributed by atoms with Gasteiger partial charge in [0.05, 0.1) is 10.5 Å². The second kappa shape index (κ2) is 9.47. The highest BCUT2D eigenvalue weighted by Crippen LogP contribution is 2.15. The number of hydrogen-bond acceptors (Lipinski definition) is 6. The lowest BCUT2D eigenvalue weighted by Gasteiger charge is -2.12. The van der Waals surface area contributed by atoms with Crippen LogP contribution in [0.15, 0.2) is 65.8 Å². The summed E-state index contributed by atoms with van der Waals surface area (Å²) in [5.74, 6) is 0.270. The molecule has 3 rings (SSSR count). The number of nitrogens with one attached hydrogen (secondary N) is 2. The molecule has 0 bridgehead atoms. The van der Waals surface area contributed by atoms with Crippen LogP contribution in [0.4, 0.5) is 5.82 Å². The monoisotopic (exact) mass is 425 g/mol. The molecule has 0 saturated carbocycles. The number of sulfonamides is 1. The molecule has 156 valence electrons. The van der Waals surface area contributed by atoms with Gasteiger partial charge in [0.15, 0.2) is 0 Å². The van der Waals surface area contributed by atoms with Crippen molar-refractivity contribution in [3.05, 3.63) is 83.3 Å². The van der Waals surface area contributed by atoms with Gasteiger partial charge in [0.1, 0.15) is 5.82 Å². The summed E-state index contributed by atoms with van der Waals surface area (Å²) in [6.07, 6.45) is 4.01. The number of amides is 1. The lowest BCUT2D eigenvalue weighted by Crippen LogP contribution is -2.27. The van der Waals surface area contributed by atoms with Crippen LogP contribution in [0.2, 0.25) is 0 Å². The number of primary sulfonamides is 1. The third-order valence-electron chi connectivity index (χ3n) is 4.41. The Morgan fingerprint density at radius 2 is 1.83 bits per heavy atom. The van der Waals surface area contributed by atoms with Crippen LogP contribution in [-0.2, 0) is 23.0 Å². The van der Waals surface area contributed by atoms with Crippen molar-refractivity contribution in [2.75, 3.05) is 11.9 Å². The topological polar surface area (TPSA) is 127 Å². The first kappa shape index (κ1) is 21.4. The van der Waals surface area contributed by atoms with Gasteiger partial charge in [-0.25, -0.2) is 18.5 Å². The highest BCUT2D eigenvalue weighted by atomic mass is 32.2. The molecular formula is C21H23N5O3S. The van der Waals surface area contributed by atoms with Crippen LogP contribution in [0, 0.1) is 6.92 Å². The molecule has 30 heavy (non-hydrogen) atoms. The molecule has 1 amide bonds. The third kappa shape index (κ3) is 5.85. The molecule has 0 fully saturated rings. The molecule has 0 aliphatic rings. The number of hydrogen-bond donors (Lipinski definition) is 3. The van der Waals surface area contributed by atoms with E-state index >= 15 is 0 Å². The lowest BCUT2D eigenvalue weighted by atomic mass is 10.1. The number of rotatable bonds is 8. The molecule has 0 saturated heterocycles. The summed E-state index contributed by atoms with van der Waals surface area (Å²) < 4.78 is 22.6. The van der Waals surface area contributed by atoms with Crippen molar-refractivity contribution in [2.45, 2.75) is 24.8 Å². The average Bonchev–Trinajstić information content (AvgIpc) is 2.73. The Morgan fingerprint density at radius 3 is 2.50 bits per heavy atom. The maximum Gasteiger partial charge on any atom is 0.255 e. The molecule has 4 N–H and O–H groups in total. The molecule has 1 aromatic carbocycles. The maximum atomic E-state index is 12.7. The normalized spacial score (nSPS) is 11.1. The number of nitrogens with zero attached hydrogens (tertiary/aromatic N) is 2. The van der Waals surface area contributed by atoms with Gasteiger partial charge in [-0.3, -0.25) is 9.78 Å². The number of aromatic nitrogens is 2. The number of nitrogens with two attached hydrogens (primary N) is 1. The molecule has 0 radical (unpaired) electrons. The summed E-state index contributed by atoms with van der Waals surface area (Å²) in [6.45, 7) is 2.76. The number of benzene rings is 1. The predicted molar refractivity (Wildman–Crippen MR) is 114 cm³/mol. The quantitative estimate of drug-likeness (QED) is 0.507. The van der Waals surface area contributed by atoms with E-state index in [0.29, 0.717) is 30.9 Å². The van der Waals surface area contributed by atoms with E-state index in [4.69, 9.17) is 5.14 Å². The minimum Gasteiger partial charge on any atom is -0.365 e. The van der Waals surface area contributed by atoms with Gasteiger partial charge in [0.25, 0.3) is 5.91 Å². The van der Waals surface area contributed by atoms with Crippen molar-refractivity contribution in [3.63, 3.8) is 0 Å². The Balaban J connectivity index is 1.61. The van der Waals surface area contributed by atoms with E-state index < -0.39 is 10.0 Å². The van der Waals surface area contributed by atoms with Gasteiger partial charge < -0.3 is 10.6 Å². The number of aryl methyl sites for hydroxylation is 1. The molecular weight excluding hydrogens is 402 g/mol. The standard InChI is InChI=1S/C21H23N5O3S/c1-15-4-9-19(20(26-15)25-14-17-3-2-11-23-13-17)21(27)24-12-10-16-5-7-18(8-6-16)30(22,28)29/h2-9,11,13H,10,12,14H2,1H3,(H,24,27)(H,25,26)(H2,22,28,29). The number of carbonyl (C=O) groups excluding carboxylic acids is 1. The van der Waals surface area contributed by atoms with Gasteiger partial charge >= 0.3 is 0 Å². The average molecular weight is 426 g/mol. The zero-order chi connectivity index (χ0) is 21.6. The van der Waals surface area contributed by atoms with E-state index in [1.807, 2.05) is 19.1 Å².